The molecule has 1 aliphatic rings. The summed E-state index contributed by atoms with van der Waals surface area (Å²) in [5.41, 5.74) is 4.61. The molecule has 0 amide bonds. The largest absolute Gasteiger partial charge is 0.354 e. The van der Waals surface area contributed by atoms with Gasteiger partial charge in [0, 0.05) is 57.6 Å². The molecule has 6 nitrogen and oxygen atoms in total. The van der Waals surface area contributed by atoms with Gasteiger partial charge in [0.15, 0.2) is 5.96 Å². The number of nitrogens with zero attached hydrogens (tertiary/aromatic N) is 4. The standard InChI is InChI=1S/C21H31FN6.HI/c1-15-20(16(2)27(4)26-15)13-24-21(23-3)25-19-9-11-28(12-10-19)14-17-5-7-18(22)8-6-17;/h5-8,19H,9-14H2,1-4H3,(H2,23,24,25);1H. The smallest absolute Gasteiger partial charge is 0.191 e. The van der Waals surface area contributed by atoms with Gasteiger partial charge in [-0.2, -0.15) is 5.10 Å². The van der Waals surface area contributed by atoms with E-state index in [9.17, 15) is 4.39 Å². The van der Waals surface area contributed by atoms with E-state index in [4.69, 9.17) is 0 Å². The number of nitrogens with one attached hydrogen (secondary N) is 2. The molecule has 0 atom stereocenters. The molecule has 1 aromatic heterocycles. The number of piperidine rings is 1. The highest BCUT2D eigenvalue weighted by molar-refractivity contribution is 14.0. The molecule has 2 N–H and O–H groups in total. The lowest BCUT2D eigenvalue weighted by molar-refractivity contribution is 0.198. The van der Waals surface area contributed by atoms with Crippen LogP contribution in [-0.2, 0) is 20.1 Å². The Morgan fingerprint density at radius 1 is 1.21 bits per heavy atom. The predicted octanol–water partition coefficient (Wildman–Crippen LogP) is 3.12. The molecule has 0 aliphatic carbocycles. The molecule has 29 heavy (non-hydrogen) atoms. The summed E-state index contributed by atoms with van der Waals surface area (Å²) < 4.78 is 15.0. The molecule has 0 spiro atoms. The van der Waals surface area contributed by atoms with Crippen molar-refractivity contribution < 1.29 is 4.39 Å². The second-order valence-electron chi connectivity index (χ2n) is 7.52. The Balaban J connectivity index is 0.00000300. The number of halogens is 2. The molecule has 1 aromatic carbocycles. The Hall–Kier alpha value is -1.68. The fourth-order valence-electron chi connectivity index (χ4n) is 3.72. The van der Waals surface area contributed by atoms with Gasteiger partial charge in [-0.25, -0.2) is 4.39 Å². The summed E-state index contributed by atoms with van der Waals surface area (Å²) in [6, 6.07) is 7.21. The van der Waals surface area contributed by atoms with Gasteiger partial charge in [-0.15, -0.1) is 24.0 Å². The van der Waals surface area contributed by atoms with Crippen molar-refractivity contribution in [3.8, 4) is 0 Å². The molecular weight excluding hydrogens is 482 g/mol. The summed E-state index contributed by atoms with van der Waals surface area (Å²) >= 11 is 0. The average Bonchev–Trinajstić information content (AvgIpc) is 2.93. The minimum atomic E-state index is -0.179. The van der Waals surface area contributed by atoms with Gasteiger partial charge in [0.25, 0.3) is 0 Å². The number of benzene rings is 1. The Morgan fingerprint density at radius 3 is 2.41 bits per heavy atom. The van der Waals surface area contributed by atoms with Crippen molar-refractivity contribution in [2.75, 3.05) is 20.1 Å². The summed E-state index contributed by atoms with van der Waals surface area (Å²) in [6.45, 7) is 7.76. The predicted molar refractivity (Wildman–Crippen MR) is 126 cm³/mol. The van der Waals surface area contributed by atoms with Crippen LogP contribution in [0, 0.1) is 19.7 Å². The Bertz CT molecular complexity index is 809. The van der Waals surface area contributed by atoms with E-state index >= 15 is 0 Å². The first-order valence-electron chi connectivity index (χ1n) is 9.89. The third kappa shape index (κ3) is 6.40. The van der Waals surface area contributed by atoms with Crippen LogP contribution >= 0.6 is 24.0 Å². The summed E-state index contributed by atoms with van der Waals surface area (Å²) in [7, 11) is 3.78. The number of aryl methyl sites for hydroxylation is 2. The van der Waals surface area contributed by atoms with E-state index < -0.39 is 0 Å². The van der Waals surface area contributed by atoms with E-state index in [1.165, 1.54) is 23.4 Å². The third-order valence-corrected chi connectivity index (χ3v) is 5.56. The monoisotopic (exact) mass is 514 g/mol. The molecule has 0 bridgehead atoms. The maximum Gasteiger partial charge on any atom is 0.191 e. The molecule has 0 radical (unpaired) electrons. The molecule has 1 saturated heterocycles. The van der Waals surface area contributed by atoms with Crippen molar-refractivity contribution in [2.24, 2.45) is 12.0 Å². The lowest BCUT2D eigenvalue weighted by Gasteiger charge is -2.33. The van der Waals surface area contributed by atoms with Crippen LogP contribution in [0.25, 0.3) is 0 Å². The van der Waals surface area contributed by atoms with Gasteiger partial charge in [-0.05, 0) is 44.4 Å². The van der Waals surface area contributed by atoms with Crippen LogP contribution in [0.2, 0.25) is 0 Å². The van der Waals surface area contributed by atoms with Gasteiger partial charge in [0.1, 0.15) is 5.82 Å². The number of guanidine groups is 1. The van der Waals surface area contributed by atoms with E-state index in [0.29, 0.717) is 12.6 Å². The second-order valence-corrected chi connectivity index (χ2v) is 7.52. The number of likely N-dealkylation sites (tertiary alicyclic amines) is 1. The number of hydrogen-bond acceptors (Lipinski definition) is 3. The van der Waals surface area contributed by atoms with Gasteiger partial charge in [0.2, 0.25) is 0 Å². The zero-order valence-corrected chi connectivity index (χ0v) is 20.0. The molecule has 8 heteroatoms. The lowest BCUT2D eigenvalue weighted by atomic mass is 10.0. The average molecular weight is 514 g/mol. The molecule has 3 rings (SSSR count). The van der Waals surface area contributed by atoms with Crippen LogP contribution in [0.4, 0.5) is 4.39 Å². The highest BCUT2D eigenvalue weighted by atomic mass is 127. The van der Waals surface area contributed by atoms with Crippen molar-refractivity contribution in [3.05, 3.63) is 52.6 Å². The zero-order valence-electron chi connectivity index (χ0n) is 17.7. The fourth-order valence-corrected chi connectivity index (χ4v) is 3.72. The van der Waals surface area contributed by atoms with E-state index in [0.717, 1.165) is 49.7 Å². The van der Waals surface area contributed by atoms with Crippen molar-refractivity contribution >= 4 is 29.9 Å². The fraction of sp³-hybridized carbons (Fsp3) is 0.524. The molecule has 0 saturated carbocycles. The molecule has 1 fully saturated rings. The van der Waals surface area contributed by atoms with Crippen molar-refractivity contribution in [1.29, 1.82) is 0 Å². The van der Waals surface area contributed by atoms with Crippen molar-refractivity contribution in [1.82, 2.24) is 25.3 Å². The van der Waals surface area contributed by atoms with Crippen molar-refractivity contribution in [3.63, 3.8) is 0 Å². The summed E-state index contributed by atoms with van der Waals surface area (Å²) in [5.74, 6) is 0.654. The summed E-state index contributed by atoms with van der Waals surface area (Å²) in [6.07, 6.45) is 2.12. The Labute approximate surface area is 190 Å². The maximum atomic E-state index is 13.0. The maximum absolute atomic E-state index is 13.0. The second kappa shape index (κ2) is 10.9. The van der Waals surface area contributed by atoms with Crippen LogP contribution in [0.3, 0.4) is 0 Å². The number of aliphatic imine (C=N–C) groups is 1. The number of rotatable bonds is 5. The topological polar surface area (TPSA) is 57.5 Å². The number of aromatic nitrogens is 2. The third-order valence-electron chi connectivity index (χ3n) is 5.56. The van der Waals surface area contributed by atoms with Crippen LogP contribution in [0.1, 0.15) is 35.4 Å². The molecule has 2 aromatic rings. The van der Waals surface area contributed by atoms with E-state index in [2.05, 4.69) is 32.5 Å². The van der Waals surface area contributed by atoms with Crippen LogP contribution in [-0.4, -0.2) is 46.8 Å². The number of hydrogen-bond donors (Lipinski definition) is 2. The quantitative estimate of drug-likeness (QED) is 0.366. The van der Waals surface area contributed by atoms with Crippen LogP contribution in [0.5, 0.6) is 0 Å². The van der Waals surface area contributed by atoms with E-state index in [-0.39, 0.29) is 29.8 Å². The summed E-state index contributed by atoms with van der Waals surface area (Å²) in [4.78, 5) is 6.80. The highest BCUT2D eigenvalue weighted by Gasteiger charge is 2.20. The normalized spacial score (nSPS) is 15.8. The minimum absolute atomic E-state index is 0. The zero-order chi connectivity index (χ0) is 20.1. The highest BCUT2D eigenvalue weighted by Crippen LogP contribution is 2.15. The molecule has 160 valence electrons. The van der Waals surface area contributed by atoms with Gasteiger partial charge in [-0.1, -0.05) is 12.1 Å². The molecular formula is C21H32FIN6. The van der Waals surface area contributed by atoms with Gasteiger partial charge < -0.3 is 10.6 Å². The molecule has 0 unspecified atom stereocenters. The Kier molecular flexibility index (Phi) is 8.88. The summed E-state index contributed by atoms with van der Waals surface area (Å²) in [5, 5.41) is 11.4. The molecule has 2 heterocycles. The van der Waals surface area contributed by atoms with E-state index in [1.54, 1.807) is 0 Å². The first kappa shape index (κ1) is 23.6. The Morgan fingerprint density at radius 2 is 1.86 bits per heavy atom. The van der Waals surface area contributed by atoms with Gasteiger partial charge in [-0.3, -0.25) is 14.6 Å². The molecule has 1 aliphatic heterocycles. The SMILES string of the molecule is CN=C(NCc1c(C)nn(C)c1C)NC1CCN(Cc2ccc(F)cc2)CC1.I. The van der Waals surface area contributed by atoms with Crippen LogP contribution < -0.4 is 10.6 Å². The van der Waals surface area contributed by atoms with Gasteiger partial charge >= 0.3 is 0 Å². The van der Waals surface area contributed by atoms with E-state index in [1.807, 2.05) is 37.8 Å². The minimum Gasteiger partial charge on any atom is -0.354 e. The van der Waals surface area contributed by atoms with Gasteiger partial charge in [0.05, 0.1) is 5.69 Å². The lowest BCUT2D eigenvalue weighted by Crippen LogP contribution is -2.48. The first-order valence-corrected chi connectivity index (χ1v) is 9.89. The first-order chi connectivity index (χ1) is 13.5. The van der Waals surface area contributed by atoms with Crippen LogP contribution in [0.15, 0.2) is 29.3 Å². The van der Waals surface area contributed by atoms with Crippen molar-refractivity contribution in [2.45, 2.75) is 45.8 Å².